The van der Waals surface area contributed by atoms with Crippen LogP contribution in [0.1, 0.15) is 75.0 Å². The van der Waals surface area contributed by atoms with Crippen molar-refractivity contribution in [3.05, 3.63) is 47.4 Å². The van der Waals surface area contributed by atoms with Crippen LogP contribution in [0, 0.1) is 23.1 Å². The first-order chi connectivity index (χ1) is 19.5. The molecule has 1 aromatic heterocycles. The number of nitrogens with zero attached hydrogens (tertiary/aromatic N) is 3. The first kappa shape index (κ1) is 28.2. The summed E-state index contributed by atoms with van der Waals surface area (Å²) < 4.78 is 30.5. The molecule has 1 N–H and O–H groups in total. The molecule has 3 aromatic rings. The molecule has 2 aliphatic rings. The largest absolute Gasteiger partial charge is 0.493 e. The molecule has 0 amide bonds. The van der Waals surface area contributed by atoms with E-state index in [1.54, 1.807) is 21.3 Å². The van der Waals surface area contributed by atoms with E-state index < -0.39 is 5.41 Å². The molecule has 40 heavy (non-hydrogen) atoms. The van der Waals surface area contributed by atoms with Crippen molar-refractivity contribution >= 4 is 10.9 Å². The molecule has 1 atom stereocenters. The maximum Gasteiger partial charge on any atom is 0.203 e. The number of nitrogens with one attached hydrogen (secondary N) is 1. The van der Waals surface area contributed by atoms with Gasteiger partial charge in [0.25, 0.3) is 0 Å². The number of halogens is 1. The van der Waals surface area contributed by atoms with Crippen LogP contribution in [0.3, 0.4) is 0 Å². The third-order valence-electron chi connectivity index (χ3n) is 9.27. The van der Waals surface area contributed by atoms with Crippen molar-refractivity contribution in [2.75, 3.05) is 41.0 Å². The van der Waals surface area contributed by atoms with Crippen LogP contribution < -0.4 is 14.2 Å². The SMILES string of the molecule is COc1cc(C(C#N)(CCCN2CCC(c3[nH]nc4cc(F)ccc34)CC2)C2CCCCC2)cc(OC)c1OC. The number of hydrogen-bond acceptors (Lipinski definition) is 6. The second-order valence-electron chi connectivity index (χ2n) is 11.4. The molecular weight excluding hydrogens is 507 g/mol. The van der Waals surface area contributed by atoms with Crippen LogP contribution in [0.25, 0.3) is 10.9 Å². The molecule has 1 aliphatic heterocycles. The number of fused-ring (bicyclic) bond motifs is 1. The summed E-state index contributed by atoms with van der Waals surface area (Å²) in [5.41, 5.74) is 2.19. The van der Waals surface area contributed by atoms with E-state index in [4.69, 9.17) is 14.2 Å². The highest BCUT2D eigenvalue weighted by Crippen LogP contribution is 2.48. The lowest BCUT2D eigenvalue weighted by molar-refractivity contribution is 0.188. The topological polar surface area (TPSA) is 83.4 Å². The molecule has 1 saturated carbocycles. The second kappa shape index (κ2) is 12.5. The van der Waals surface area contributed by atoms with Crippen molar-refractivity contribution in [2.45, 2.75) is 69.1 Å². The fraction of sp³-hybridized carbons (Fsp3) is 0.562. The van der Waals surface area contributed by atoms with Gasteiger partial charge in [-0.3, -0.25) is 5.10 Å². The molecule has 2 aromatic carbocycles. The van der Waals surface area contributed by atoms with Gasteiger partial charge >= 0.3 is 0 Å². The molecule has 2 heterocycles. The number of H-pyrrole nitrogens is 1. The number of aromatic nitrogens is 2. The number of nitriles is 1. The van der Waals surface area contributed by atoms with Gasteiger partial charge in [-0.25, -0.2) is 4.39 Å². The lowest BCUT2D eigenvalue weighted by atomic mass is 9.63. The fourth-order valence-electron chi connectivity index (χ4n) is 7.07. The lowest BCUT2D eigenvalue weighted by Gasteiger charge is -2.39. The van der Waals surface area contributed by atoms with Crippen LogP contribution in [-0.2, 0) is 5.41 Å². The second-order valence-corrected chi connectivity index (χ2v) is 11.4. The van der Waals surface area contributed by atoms with Crippen LogP contribution in [-0.4, -0.2) is 56.1 Å². The Labute approximate surface area is 236 Å². The molecule has 1 aliphatic carbocycles. The van der Waals surface area contributed by atoms with Gasteiger partial charge in [-0.2, -0.15) is 10.4 Å². The highest BCUT2D eigenvalue weighted by atomic mass is 19.1. The average molecular weight is 549 g/mol. The monoisotopic (exact) mass is 548 g/mol. The number of ether oxygens (including phenoxy) is 3. The summed E-state index contributed by atoms with van der Waals surface area (Å²) in [7, 11) is 4.87. The molecule has 214 valence electrons. The van der Waals surface area contributed by atoms with E-state index in [9.17, 15) is 9.65 Å². The van der Waals surface area contributed by atoms with Gasteiger partial charge in [-0.1, -0.05) is 19.3 Å². The Morgan fingerprint density at radius 3 is 2.33 bits per heavy atom. The minimum atomic E-state index is -0.602. The first-order valence-electron chi connectivity index (χ1n) is 14.6. The summed E-state index contributed by atoms with van der Waals surface area (Å²) in [6.07, 6.45) is 9.52. The van der Waals surface area contributed by atoms with Crippen molar-refractivity contribution in [1.82, 2.24) is 15.1 Å². The Hall–Kier alpha value is -3.31. The number of benzene rings is 2. The van der Waals surface area contributed by atoms with E-state index in [0.29, 0.717) is 34.6 Å². The van der Waals surface area contributed by atoms with Crippen molar-refractivity contribution in [3.8, 4) is 23.3 Å². The zero-order chi connectivity index (χ0) is 28.1. The summed E-state index contributed by atoms with van der Waals surface area (Å²) in [4.78, 5) is 2.52. The molecular formula is C32H41FN4O3. The van der Waals surface area contributed by atoms with Crippen LogP contribution >= 0.6 is 0 Å². The minimum Gasteiger partial charge on any atom is -0.493 e. The number of methoxy groups -OCH3 is 3. The average Bonchev–Trinajstić information content (AvgIpc) is 3.42. The van der Waals surface area contributed by atoms with Gasteiger partial charge in [0.15, 0.2) is 11.5 Å². The highest BCUT2D eigenvalue weighted by Gasteiger charge is 2.42. The molecule has 8 heteroatoms. The fourth-order valence-corrected chi connectivity index (χ4v) is 7.07. The van der Waals surface area contributed by atoms with E-state index in [0.717, 1.165) is 74.8 Å². The van der Waals surface area contributed by atoms with Crippen LogP contribution in [0.15, 0.2) is 30.3 Å². The Bertz CT molecular complexity index is 1310. The summed E-state index contributed by atoms with van der Waals surface area (Å²) in [5.74, 6) is 2.20. The highest BCUT2D eigenvalue weighted by molar-refractivity contribution is 5.81. The van der Waals surface area contributed by atoms with Crippen molar-refractivity contribution < 1.29 is 18.6 Å². The number of likely N-dealkylation sites (tertiary alicyclic amines) is 1. The summed E-state index contributed by atoms with van der Waals surface area (Å²) in [5, 5.41) is 19.3. The molecule has 1 saturated heterocycles. The maximum atomic E-state index is 13.6. The van der Waals surface area contributed by atoms with Crippen molar-refractivity contribution in [2.24, 2.45) is 5.92 Å². The van der Waals surface area contributed by atoms with Gasteiger partial charge in [-0.15, -0.1) is 0 Å². The minimum absolute atomic E-state index is 0.256. The van der Waals surface area contributed by atoms with Crippen LogP contribution in [0.5, 0.6) is 17.2 Å². The van der Waals surface area contributed by atoms with Crippen molar-refractivity contribution in [1.29, 1.82) is 5.26 Å². The Morgan fingerprint density at radius 1 is 1.00 bits per heavy atom. The van der Waals surface area contributed by atoms with Gasteiger partial charge in [-0.05, 0) is 93.9 Å². The Balaban J connectivity index is 1.29. The normalized spacial score (nSPS) is 18.8. The lowest BCUT2D eigenvalue weighted by Crippen LogP contribution is -2.38. The van der Waals surface area contributed by atoms with Gasteiger partial charge in [0.2, 0.25) is 5.75 Å². The number of hydrogen-bond donors (Lipinski definition) is 1. The quantitative estimate of drug-likeness (QED) is 0.303. The standard InChI is InChI=1S/C32H41FN4O3/c1-38-28-18-24(19-29(39-2)31(28)40-3)32(21-34,23-8-5-4-6-9-23)14-7-15-37-16-12-22(13-17-37)30-26-11-10-25(33)20-27(26)35-36-30/h10-11,18-20,22-23H,4-9,12-17H2,1-3H3,(H,35,36). The summed E-state index contributed by atoms with van der Waals surface area (Å²) >= 11 is 0. The van der Waals surface area contributed by atoms with E-state index in [-0.39, 0.29) is 5.82 Å². The summed E-state index contributed by atoms with van der Waals surface area (Å²) in [6.45, 7) is 2.96. The predicted octanol–water partition coefficient (Wildman–Crippen LogP) is 6.73. The molecule has 7 nitrogen and oxygen atoms in total. The van der Waals surface area contributed by atoms with Gasteiger partial charge in [0.1, 0.15) is 5.82 Å². The van der Waals surface area contributed by atoms with Crippen LogP contribution in [0.4, 0.5) is 4.39 Å². The van der Waals surface area contributed by atoms with Gasteiger partial charge in [0, 0.05) is 23.1 Å². The molecule has 0 bridgehead atoms. The smallest absolute Gasteiger partial charge is 0.203 e. The zero-order valence-corrected chi connectivity index (χ0v) is 24.0. The summed E-state index contributed by atoms with van der Waals surface area (Å²) in [6, 6.07) is 11.6. The first-order valence-corrected chi connectivity index (χ1v) is 14.6. The van der Waals surface area contributed by atoms with E-state index in [2.05, 4.69) is 21.2 Å². The molecule has 2 fully saturated rings. The van der Waals surface area contributed by atoms with E-state index in [1.165, 1.54) is 31.4 Å². The molecule has 5 rings (SSSR count). The van der Waals surface area contributed by atoms with Gasteiger partial charge in [0.05, 0.1) is 38.3 Å². The molecule has 1 unspecified atom stereocenters. The molecule has 0 radical (unpaired) electrons. The van der Waals surface area contributed by atoms with Crippen LogP contribution in [0.2, 0.25) is 0 Å². The molecule has 0 spiro atoms. The maximum absolute atomic E-state index is 13.6. The zero-order valence-electron chi connectivity index (χ0n) is 24.0. The van der Waals surface area contributed by atoms with E-state index >= 15 is 0 Å². The number of aromatic amines is 1. The Morgan fingerprint density at radius 2 is 1.70 bits per heavy atom. The van der Waals surface area contributed by atoms with E-state index in [1.807, 2.05) is 18.2 Å². The predicted molar refractivity (Wildman–Crippen MR) is 154 cm³/mol. The third kappa shape index (κ3) is 5.49. The Kier molecular flexibility index (Phi) is 8.80. The number of rotatable bonds is 10. The number of piperidine rings is 1. The third-order valence-corrected chi connectivity index (χ3v) is 9.27. The van der Waals surface area contributed by atoms with Gasteiger partial charge < -0.3 is 19.1 Å². The van der Waals surface area contributed by atoms with Crippen molar-refractivity contribution in [3.63, 3.8) is 0 Å².